The molecule has 0 heterocycles. The highest BCUT2D eigenvalue weighted by Gasteiger charge is 2.35. The molecule has 0 amide bonds. The van der Waals surface area contributed by atoms with Crippen molar-refractivity contribution in [2.75, 3.05) is 26.4 Å². The van der Waals surface area contributed by atoms with Gasteiger partial charge in [0.1, 0.15) is 0 Å². The second-order valence-electron chi connectivity index (χ2n) is 6.74. The normalized spacial score (nSPS) is 18.1. The molecular weight excluding hydrogens is 415 g/mol. The van der Waals surface area contributed by atoms with Crippen molar-refractivity contribution >= 4 is 40.0 Å². The Morgan fingerprint density at radius 3 is 2.23 bits per heavy atom. The van der Waals surface area contributed by atoms with Gasteiger partial charge in [0.15, 0.2) is 5.96 Å². The molecule has 1 fully saturated rings. The molecule has 0 aromatic rings. The third-order valence-corrected chi connectivity index (χ3v) is 5.10. The van der Waals surface area contributed by atoms with Gasteiger partial charge in [-0.25, -0.2) is 13.1 Å². The zero-order chi connectivity index (χ0) is 16.1. The molecule has 3 N–H and O–H groups in total. The molecule has 0 saturated heterocycles. The molecule has 1 aliphatic rings. The summed E-state index contributed by atoms with van der Waals surface area (Å²) in [6.45, 7) is 7.31. The summed E-state index contributed by atoms with van der Waals surface area (Å²) in [5, 5.41) is 6.55. The van der Waals surface area contributed by atoms with Crippen molar-refractivity contribution in [3.8, 4) is 0 Å². The highest BCUT2D eigenvalue weighted by atomic mass is 127. The van der Waals surface area contributed by atoms with Crippen molar-refractivity contribution in [1.82, 2.24) is 15.4 Å². The molecule has 1 rings (SSSR count). The van der Waals surface area contributed by atoms with Crippen molar-refractivity contribution < 1.29 is 8.42 Å². The molecule has 1 saturated carbocycles. The summed E-state index contributed by atoms with van der Waals surface area (Å²) < 4.78 is 25.2. The lowest BCUT2D eigenvalue weighted by Gasteiger charge is -2.41. The van der Waals surface area contributed by atoms with Crippen LogP contribution in [0.4, 0.5) is 0 Å². The average Bonchev–Trinajstić information content (AvgIpc) is 2.28. The first-order valence-corrected chi connectivity index (χ1v) is 9.44. The van der Waals surface area contributed by atoms with Crippen molar-refractivity contribution in [1.29, 1.82) is 0 Å². The third-order valence-electron chi connectivity index (χ3n) is 4.18. The van der Waals surface area contributed by atoms with Gasteiger partial charge in [0.05, 0.1) is 6.26 Å². The summed E-state index contributed by atoms with van der Waals surface area (Å²) >= 11 is 0. The molecule has 0 aromatic carbocycles. The highest BCUT2D eigenvalue weighted by molar-refractivity contribution is 14.0. The van der Waals surface area contributed by atoms with E-state index in [1.807, 2.05) is 13.8 Å². The van der Waals surface area contributed by atoms with E-state index in [0.717, 1.165) is 12.5 Å². The molecule has 0 aliphatic heterocycles. The van der Waals surface area contributed by atoms with E-state index in [4.69, 9.17) is 0 Å². The van der Waals surface area contributed by atoms with E-state index in [-0.39, 0.29) is 24.0 Å². The first kappa shape index (κ1) is 21.9. The minimum Gasteiger partial charge on any atom is -0.356 e. The Hall–Kier alpha value is -0.0900. The Morgan fingerprint density at radius 1 is 1.27 bits per heavy atom. The summed E-state index contributed by atoms with van der Waals surface area (Å²) in [7, 11) is -1.49. The van der Waals surface area contributed by atoms with E-state index >= 15 is 0 Å². The Morgan fingerprint density at radius 2 is 1.86 bits per heavy atom. The molecule has 0 bridgehead atoms. The zero-order valence-electron chi connectivity index (χ0n) is 14.3. The fourth-order valence-electron chi connectivity index (χ4n) is 2.67. The number of aliphatic imine (C=N–C) groups is 1. The van der Waals surface area contributed by atoms with Crippen molar-refractivity contribution in [2.45, 2.75) is 52.0 Å². The van der Waals surface area contributed by atoms with Crippen LogP contribution < -0.4 is 15.4 Å². The number of sulfonamides is 1. The number of halogens is 1. The van der Waals surface area contributed by atoms with Crippen LogP contribution in [0.3, 0.4) is 0 Å². The second-order valence-corrected chi connectivity index (χ2v) is 8.49. The van der Waals surface area contributed by atoms with Crippen LogP contribution in [0.25, 0.3) is 0 Å². The number of rotatable bonds is 7. The van der Waals surface area contributed by atoms with Crippen LogP contribution in [0.5, 0.6) is 0 Å². The molecule has 0 aromatic heterocycles. The lowest BCUT2D eigenvalue weighted by Crippen LogP contribution is -2.54. The Labute approximate surface area is 152 Å². The van der Waals surface area contributed by atoms with E-state index in [1.165, 1.54) is 31.9 Å². The lowest BCUT2D eigenvalue weighted by atomic mass is 9.67. The maximum absolute atomic E-state index is 11.3. The van der Waals surface area contributed by atoms with Crippen LogP contribution in [0.15, 0.2) is 4.99 Å². The monoisotopic (exact) mass is 446 g/mol. The number of guanidine groups is 1. The molecule has 0 atom stereocenters. The number of nitrogens with zero attached hydrogens (tertiary/aromatic N) is 1. The van der Waals surface area contributed by atoms with E-state index in [0.29, 0.717) is 12.0 Å². The van der Waals surface area contributed by atoms with Crippen molar-refractivity contribution in [2.24, 2.45) is 10.4 Å². The Bertz CT molecular complexity index is 468. The van der Waals surface area contributed by atoms with Crippen LogP contribution >= 0.6 is 24.0 Å². The van der Waals surface area contributed by atoms with Gasteiger partial charge in [0.2, 0.25) is 10.0 Å². The van der Waals surface area contributed by atoms with Gasteiger partial charge in [0.25, 0.3) is 0 Å². The fraction of sp³-hybridized carbons (Fsp3) is 0.929. The standard InChI is InChI=1S/C14H30N4O2S.HI/c1-6-14(8-7-9-14)11-17-12(15-4)16-10-13(2,3)18-21(5,19)20;/h18H,6-11H2,1-5H3,(H2,15,16,17);1H. The molecule has 0 unspecified atom stereocenters. The van der Waals surface area contributed by atoms with E-state index < -0.39 is 15.6 Å². The first-order chi connectivity index (χ1) is 9.61. The molecular formula is C14H31IN4O2S. The quantitative estimate of drug-likeness (QED) is 0.316. The van der Waals surface area contributed by atoms with Crippen molar-refractivity contribution in [3.05, 3.63) is 0 Å². The topological polar surface area (TPSA) is 82.6 Å². The van der Waals surface area contributed by atoms with E-state index in [9.17, 15) is 8.42 Å². The minimum absolute atomic E-state index is 0. The van der Waals surface area contributed by atoms with Crippen LogP contribution in [0, 0.1) is 5.41 Å². The van der Waals surface area contributed by atoms with Crippen molar-refractivity contribution in [3.63, 3.8) is 0 Å². The largest absolute Gasteiger partial charge is 0.356 e. The predicted molar refractivity (Wildman–Crippen MR) is 103 cm³/mol. The van der Waals surface area contributed by atoms with Gasteiger partial charge in [-0.05, 0) is 38.5 Å². The minimum atomic E-state index is -3.22. The molecule has 0 spiro atoms. The second kappa shape index (κ2) is 8.68. The number of hydrogen-bond donors (Lipinski definition) is 3. The first-order valence-electron chi connectivity index (χ1n) is 7.55. The van der Waals surface area contributed by atoms with Gasteiger partial charge < -0.3 is 10.6 Å². The summed E-state index contributed by atoms with van der Waals surface area (Å²) in [4.78, 5) is 4.20. The Kier molecular flexibility index (Phi) is 8.64. The van der Waals surface area contributed by atoms with Gasteiger partial charge in [-0.15, -0.1) is 24.0 Å². The van der Waals surface area contributed by atoms with Crippen LogP contribution in [-0.4, -0.2) is 46.3 Å². The van der Waals surface area contributed by atoms with Gasteiger partial charge in [0, 0.05) is 25.7 Å². The van der Waals surface area contributed by atoms with Gasteiger partial charge in [-0.1, -0.05) is 13.3 Å². The molecule has 0 radical (unpaired) electrons. The van der Waals surface area contributed by atoms with Gasteiger partial charge >= 0.3 is 0 Å². The fourth-order valence-corrected chi connectivity index (χ4v) is 3.74. The zero-order valence-corrected chi connectivity index (χ0v) is 17.5. The molecule has 6 nitrogen and oxygen atoms in total. The summed E-state index contributed by atoms with van der Waals surface area (Å²) in [6, 6.07) is 0. The maximum atomic E-state index is 11.3. The Balaban J connectivity index is 0.00000441. The number of nitrogens with one attached hydrogen (secondary N) is 3. The molecule has 132 valence electrons. The van der Waals surface area contributed by atoms with E-state index in [2.05, 4.69) is 27.3 Å². The smallest absolute Gasteiger partial charge is 0.209 e. The molecule has 1 aliphatic carbocycles. The SMILES string of the molecule is CCC1(CNC(=NC)NCC(C)(C)NS(C)(=O)=O)CCC1.I. The summed E-state index contributed by atoms with van der Waals surface area (Å²) in [5.74, 6) is 0.720. The summed E-state index contributed by atoms with van der Waals surface area (Å²) in [6.07, 6.45) is 6.21. The predicted octanol–water partition coefficient (Wildman–Crippen LogP) is 1.68. The average molecular weight is 446 g/mol. The van der Waals surface area contributed by atoms with Crippen LogP contribution in [-0.2, 0) is 10.0 Å². The summed E-state index contributed by atoms with van der Waals surface area (Å²) in [5.41, 5.74) is -0.151. The van der Waals surface area contributed by atoms with Crippen LogP contribution in [0.2, 0.25) is 0 Å². The van der Waals surface area contributed by atoms with Gasteiger partial charge in [-0.2, -0.15) is 0 Å². The van der Waals surface area contributed by atoms with E-state index in [1.54, 1.807) is 7.05 Å². The maximum Gasteiger partial charge on any atom is 0.209 e. The third kappa shape index (κ3) is 7.45. The highest BCUT2D eigenvalue weighted by Crippen LogP contribution is 2.42. The molecule has 8 heteroatoms. The lowest BCUT2D eigenvalue weighted by molar-refractivity contribution is 0.131. The number of hydrogen-bond acceptors (Lipinski definition) is 3. The van der Waals surface area contributed by atoms with Gasteiger partial charge in [-0.3, -0.25) is 4.99 Å². The van der Waals surface area contributed by atoms with Crippen LogP contribution in [0.1, 0.15) is 46.5 Å². The molecule has 22 heavy (non-hydrogen) atoms.